The lowest BCUT2D eigenvalue weighted by Gasteiger charge is -2.47. The molecule has 0 aromatic carbocycles. The molecule has 0 aliphatic carbocycles. The van der Waals surface area contributed by atoms with Crippen LogP contribution in [0.5, 0.6) is 0 Å². The zero-order chi connectivity index (χ0) is 14.2. The molecule has 4 heterocycles. The molecular formula is C17H28N4. The van der Waals surface area contributed by atoms with Gasteiger partial charge < -0.3 is 14.8 Å². The van der Waals surface area contributed by atoms with E-state index in [9.17, 15) is 0 Å². The van der Waals surface area contributed by atoms with E-state index in [1.165, 1.54) is 57.1 Å². The van der Waals surface area contributed by atoms with Gasteiger partial charge in [0.1, 0.15) is 0 Å². The smallest absolute Gasteiger partial charge is 0.0951 e. The van der Waals surface area contributed by atoms with Gasteiger partial charge in [-0.3, -0.25) is 0 Å². The van der Waals surface area contributed by atoms with Crippen LogP contribution in [0, 0.1) is 0 Å². The average Bonchev–Trinajstić information content (AvgIpc) is 2.97. The first-order chi connectivity index (χ1) is 10.3. The van der Waals surface area contributed by atoms with E-state index < -0.39 is 0 Å². The Bertz CT molecular complexity index is 463. The fraction of sp³-hybridized carbons (Fsp3) is 0.824. The van der Waals surface area contributed by atoms with Gasteiger partial charge in [-0.05, 0) is 52.1 Å². The first kappa shape index (κ1) is 13.8. The quantitative estimate of drug-likeness (QED) is 0.908. The second kappa shape index (κ2) is 5.73. The molecule has 116 valence electrons. The summed E-state index contributed by atoms with van der Waals surface area (Å²) in [6.45, 7) is 1.16. The maximum atomic E-state index is 4.49. The van der Waals surface area contributed by atoms with Crippen LogP contribution in [0.4, 0.5) is 0 Å². The van der Waals surface area contributed by atoms with E-state index in [2.05, 4.69) is 39.3 Å². The Labute approximate surface area is 127 Å². The number of hydrogen-bond donors (Lipinski definition) is 1. The van der Waals surface area contributed by atoms with Gasteiger partial charge in [0.2, 0.25) is 0 Å². The van der Waals surface area contributed by atoms with Gasteiger partial charge in [0, 0.05) is 30.4 Å². The van der Waals surface area contributed by atoms with Crippen LogP contribution in [0.15, 0.2) is 12.5 Å². The van der Waals surface area contributed by atoms with Crippen LogP contribution in [-0.4, -0.2) is 40.1 Å². The summed E-state index contributed by atoms with van der Waals surface area (Å²) in [5.74, 6) is 0. The van der Waals surface area contributed by atoms with Crippen molar-refractivity contribution in [2.75, 3.05) is 13.6 Å². The minimum atomic E-state index is 0.528. The van der Waals surface area contributed by atoms with Gasteiger partial charge >= 0.3 is 0 Å². The number of imidazole rings is 1. The molecule has 4 rings (SSSR count). The molecule has 0 spiro atoms. The summed E-state index contributed by atoms with van der Waals surface area (Å²) < 4.78 is 2.52. The van der Waals surface area contributed by atoms with E-state index in [1.54, 1.807) is 0 Å². The van der Waals surface area contributed by atoms with E-state index in [0.717, 1.165) is 18.6 Å². The topological polar surface area (TPSA) is 33.1 Å². The lowest BCUT2D eigenvalue weighted by atomic mass is 9.82. The molecule has 3 aliphatic heterocycles. The van der Waals surface area contributed by atoms with E-state index in [1.807, 2.05) is 0 Å². The van der Waals surface area contributed by atoms with Crippen molar-refractivity contribution in [1.29, 1.82) is 0 Å². The van der Waals surface area contributed by atoms with Crippen LogP contribution in [0.2, 0.25) is 0 Å². The van der Waals surface area contributed by atoms with Gasteiger partial charge in [-0.15, -0.1) is 0 Å². The molecule has 1 N–H and O–H groups in total. The molecule has 3 fully saturated rings. The van der Waals surface area contributed by atoms with Crippen molar-refractivity contribution in [3.63, 3.8) is 0 Å². The SMILES string of the molecule is CN1C2CCCC1CC(n1cncc1C1CCCCN1)C2. The van der Waals surface area contributed by atoms with E-state index in [0.29, 0.717) is 12.1 Å². The van der Waals surface area contributed by atoms with Crippen molar-refractivity contribution in [3.05, 3.63) is 18.2 Å². The number of nitrogens with one attached hydrogen (secondary N) is 1. The third-order valence-corrected chi connectivity index (χ3v) is 6.07. The van der Waals surface area contributed by atoms with Gasteiger partial charge in [-0.1, -0.05) is 12.8 Å². The van der Waals surface area contributed by atoms with Crippen LogP contribution < -0.4 is 5.32 Å². The van der Waals surface area contributed by atoms with Crippen LogP contribution >= 0.6 is 0 Å². The third kappa shape index (κ3) is 2.53. The zero-order valence-electron chi connectivity index (χ0n) is 13.2. The highest BCUT2D eigenvalue weighted by molar-refractivity contribution is 5.09. The van der Waals surface area contributed by atoms with Gasteiger partial charge in [0.15, 0.2) is 0 Å². The molecule has 1 aromatic heterocycles. The molecule has 3 unspecified atom stereocenters. The fourth-order valence-corrected chi connectivity index (χ4v) is 4.81. The molecule has 4 heteroatoms. The predicted molar refractivity (Wildman–Crippen MR) is 84.3 cm³/mol. The van der Waals surface area contributed by atoms with Crippen molar-refractivity contribution in [3.8, 4) is 0 Å². The molecule has 3 aliphatic rings. The first-order valence-electron chi connectivity index (χ1n) is 8.80. The normalized spacial score (nSPS) is 37.6. The zero-order valence-corrected chi connectivity index (χ0v) is 13.2. The third-order valence-electron chi connectivity index (χ3n) is 6.07. The Morgan fingerprint density at radius 3 is 2.57 bits per heavy atom. The standard InChI is InChI=1S/C17H28N4/c1-20-13-5-4-6-14(20)10-15(9-13)21-12-18-11-17(21)16-7-2-3-8-19-16/h11-16,19H,2-10H2,1H3. The summed E-state index contributed by atoms with van der Waals surface area (Å²) in [6, 6.07) is 2.77. The summed E-state index contributed by atoms with van der Waals surface area (Å²) in [4.78, 5) is 7.14. The Hall–Kier alpha value is -0.870. The van der Waals surface area contributed by atoms with Gasteiger partial charge in [-0.25, -0.2) is 4.98 Å². The molecular weight excluding hydrogens is 260 g/mol. The molecule has 2 bridgehead atoms. The van der Waals surface area contributed by atoms with Gasteiger partial charge in [0.05, 0.1) is 12.0 Å². The number of rotatable bonds is 2. The minimum absolute atomic E-state index is 0.528. The lowest BCUT2D eigenvalue weighted by Crippen LogP contribution is -2.50. The number of hydrogen-bond acceptors (Lipinski definition) is 3. The molecule has 3 atom stereocenters. The highest BCUT2D eigenvalue weighted by Gasteiger charge is 2.37. The molecule has 3 saturated heterocycles. The van der Waals surface area contributed by atoms with Crippen molar-refractivity contribution in [2.45, 2.75) is 75.5 Å². The van der Waals surface area contributed by atoms with Crippen LogP contribution in [0.1, 0.15) is 69.1 Å². The summed E-state index contributed by atoms with van der Waals surface area (Å²) in [6.07, 6.45) is 15.0. The second-order valence-corrected chi connectivity index (χ2v) is 7.26. The van der Waals surface area contributed by atoms with Gasteiger partial charge in [0.25, 0.3) is 0 Å². The Morgan fingerprint density at radius 2 is 1.86 bits per heavy atom. The fourth-order valence-electron chi connectivity index (χ4n) is 4.81. The molecule has 0 radical (unpaired) electrons. The predicted octanol–water partition coefficient (Wildman–Crippen LogP) is 2.89. The first-order valence-corrected chi connectivity index (χ1v) is 8.80. The van der Waals surface area contributed by atoms with E-state index >= 15 is 0 Å². The Balaban J connectivity index is 1.55. The van der Waals surface area contributed by atoms with E-state index in [-0.39, 0.29) is 0 Å². The highest BCUT2D eigenvalue weighted by Crippen LogP contribution is 2.39. The Morgan fingerprint density at radius 1 is 1.05 bits per heavy atom. The molecule has 0 saturated carbocycles. The molecule has 1 aromatic rings. The van der Waals surface area contributed by atoms with Crippen molar-refractivity contribution in [1.82, 2.24) is 19.8 Å². The van der Waals surface area contributed by atoms with E-state index in [4.69, 9.17) is 0 Å². The molecule has 4 nitrogen and oxygen atoms in total. The van der Waals surface area contributed by atoms with Crippen molar-refractivity contribution >= 4 is 0 Å². The highest BCUT2D eigenvalue weighted by atomic mass is 15.2. The Kier molecular flexibility index (Phi) is 3.76. The van der Waals surface area contributed by atoms with Crippen LogP contribution in [0.25, 0.3) is 0 Å². The monoisotopic (exact) mass is 288 g/mol. The molecule has 0 amide bonds. The van der Waals surface area contributed by atoms with Gasteiger partial charge in [-0.2, -0.15) is 0 Å². The number of fused-ring (bicyclic) bond motifs is 2. The number of nitrogens with zero attached hydrogens (tertiary/aromatic N) is 3. The lowest BCUT2D eigenvalue weighted by molar-refractivity contribution is 0.0389. The second-order valence-electron chi connectivity index (χ2n) is 7.26. The maximum Gasteiger partial charge on any atom is 0.0951 e. The molecule has 21 heavy (non-hydrogen) atoms. The van der Waals surface area contributed by atoms with Crippen molar-refractivity contribution in [2.24, 2.45) is 0 Å². The minimum Gasteiger partial charge on any atom is -0.330 e. The maximum absolute atomic E-state index is 4.49. The summed E-state index contributed by atoms with van der Waals surface area (Å²) in [7, 11) is 2.34. The van der Waals surface area contributed by atoms with Crippen LogP contribution in [0.3, 0.4) is 0 Å². The number of piperidine rings is 3. The van der Waals surface area contributed by atoms with Crippen molar-refractivity contribution < 1.29 is 0 Å². The van der Waals surface area contributed by atoms with Crippen LogP contribution in [-0.2, 0) is 0 Å². The summed E-state index contributed by atoms with van der Waals surface area (Å²) in [5, 5.41) is 3.69. The largest absolute Gasteiger partial charge is 0.330 e. The average molecular weight is 288 g/mol. The summed E-state index contributed by atoms with van der Waals surface area (Å²) >= 11 is 0. The number of aromatic nitrogens is 2. The summed E-state index contributed by atoms with van der Waals surface area (Å²) in [5.41, 5.74) is 1.43.